The van der Waals surface area contributed by atoms with Gasteiger partial charge in [-0.2, -0.15) is 0 Å². The molecule has 0 aliphatic heterocycles. The van der Waals surface area contributed by atoms with Crippen LogP contribution < -0.4 is 0 Å². The molecule has 1 N–H and O–H groups in total. The van der Waals surface area contributed by atoms with Crippen molar-refractivity contribution in [1.29, 1.82) is 0 Å². The molecule has 0 aliphatic rings. The van der Waals surface area contributed by atoms with E-state index in [0.717, 1.165) is 5.39 Å². The lowest BCUT2D eigenvalue weighted by Gasteiger charge is -2.15. The molecule has 1 heterocycles. The third-order valence-electron chi connectivity index (χ3n) is 3.29. The molecule has 0 fully saturated rings. The van der Waals surface area contributed by atoms with E-state index in [1.807, 2.05) is 6.07 Å². The van der Waals surface area contributed by atoms with E-state index in [2.05, 4.69) is 4.98 Å². The topological polar surface area (TPSA) is 33.1 Å². The number of rotatable bonds is 2. The number of aliphatic hydroxyl groups excluding tert-OH is 1. The molecular weight excluding hydrogens is 329 g/mol. The maximum absolute atomic E-state index is 10.7. The first-order valence-electron chi connectivity index (χ1n) is 6.24. The molecule has 0 radical (unpaired) electrons. The van der Waals surface area contributed by atoms with E-state index in [-0.39, 0.29) is 0 Å². The van der Waals surface area contributed by atoms with Gasteiger partial charge in [-0.15, -0.1) is 0 Å². The van der Waals surface area contributed by atoms with E-state index >= 15 is 0 Å². The highest BCUT2D eigenvalue weighted by Crippen LogP contribution is 2.35. The van der Waals surface area contributed by atoms with Gasteiger partial charge in [0, 0.05) is 37.8 Å². The molecule has 1 aromatic heterocycles. The van der Waals surface area contributed by atoms with Crippen molar-refractivity contribution < 1.29 is 5.11 Å². The molecular formula is C16H10Cl3NO. The molecule has 1 atom stereocenters. The van der Waals surface area contributed by atoms with Crippen LogP contribution in [0.1, 0.15) is 17.2 Å². The van der Waals surface area contributed by atoms with Crippen molar-refractivity contribution in [1.82, 2.24) is 4.98 Å². The highest BCUT2D eigenvalue weighted by Gasteiger charge is 2.18. The van der Waals surface area contributed by atoms with Gasteiger partial charge in [-0.3, -0.25) is 4.98 Å². The van der Waals surface area contributed by atoms with Crippen molar-refractivity contribution in [2.45, 2.75) is 6.10 Å². The largest absolute Gasteiger partial charge is 0.384 e. The zero-order chi connectivity index (χ0) is 15.0. The SMILES string of the molecule is OC(c1cc(Cl)ccc1Cl)c1ccc(Cl)c2cccnc12. The molecule has 0 spiro atoms. The minimum Gasteiger partial charge on any atom is -0.384 e. The highest BCUT2D eigenvalue weighted by molar-refractivity contribution is 6.35. The van der Waals surface area contributed by atoms with Crippen molar-refractivity contribution in [2.24, 2.45) is 0 Å². The first kappa shape index (κ1) is 14.6. The Balaban J connectivity index is 2.20. The summed E-state index contributed by atoms with van der Waals surface area (Å²) in [6.07, 6.45) is 0.736. The number of benzene rings is 2. The lowest BCUT2D eigenvalue weighted by Crippen LogP contribution is -2.02. The zero-order valence-electron chi connectivity index (χ0n) is 10.7. The number of aromatic nitrogens is 1. The Morgan fingerprint density at radius 3 is 2.48 bits per heavy atom. The number of fused-ring (bicyclic) bond motifs is 1. The van der Waals surface area contributed by atoms with Crippen molar-refractivity contribution >= 4 is 45.7 Å². The molecule has 0 aliphatic carbocycles. The minimum atomic E-state index is -0.925. The standard InChI is InChI=1S/C16H10Cl3NO/c17-9-3-5-14(19)12(8-9)16(21)11-4-6-13(18)10-2-1-7-20-15(10)11/h1-8,16,21H. The van der Waals surface area contributed by atoms with Crippen LogP contribution in [0.25, 0.3) is 10.9 Å². The first-order valence-corrected chi connectivity index (χ1v) is 7.37. The number of pyridine rings is 1. The van der Waals surface area contributed by atoms with Crippen LogP contribution in [0.2, 0.25) is 15.1 Å². The Labute approximate surface area is 136 Å². The van der Waals surface area contributed by atoms with E-state index in [4.69, 9.17) is 34.8 Å². The summed E-state index contributed by atoms with van der Waals surface area (Å²) in [7, 11) is 0. The number of hydrogen-bond donors (Lipinski definition) is 1. The minimum absolute atomic E-state index is 0.450. The molecule has 5 heteroatoms. The second kappa shape index (κ2) is 5.82. The average molecular weight is 339 g/mol. The molecule has 2 aromatic carbocycles. The zero-order valence-corrected chi connectivity index (χ0v) is 13.0. The van der Waals surface area contributed by atoms with Crippen LogP contribution in [-0.4, -0.2) is 10.1 Å². The molecule has 0 amide bonds. The van der Waals surface area contributed by atoms with Crippen LogP contribution >= 0.6 is 34.8 Å². The van der Waals surface area contributed by atoms with Gasteiger partial charge in [0.05, 0.1) is 5.52 Å². The Morgan fingerprint density at radius 2 is 1.67 bits per heavy atom. The van der Waals surface area contributed by atoms with Gasteiger partial charge in [-0.05, 0) is 36.4 Å². The average Bonchev–Trinajstić information content (AvgIpc) is 2.50. The maximum Gasteiger partial charge on any atom is 0.108 e. The first-order chi connectivity index (χ1) is 10.1. The summed E-state index contributed by atoms with van der Waals surface area (Å²) in [6, 6.07) is 12.1. The van der Waals surface area contributed by atoms with Gasteiger partial charge in [0.25, 0.3) is 0 Å². The van der Waals surface area contributed by atoms with E-state index in [0.29, 0.717) is 31.7 Å². The van der Waals surface area contributed by atoms with Gasteiger partial charge in [0.1, 0.15) is 6.10 Å². The smallest absolute Gasteiger partial charge is 0.108 e. The number of aliphatic hydroxyl groups is 1. The fourth-order valence-electron chi connectivity index (χ4n) is 2.27. The third kappa shape index (κ3) is 2.72. The number of hydrogen-bond acceptors (Lipinski definition) is 2. The molecule has 2 nitrogen and oxygen atoms in total. The van der Waals surface area contributed by atoms with Gasteiger partial charge in [0.15, 0.2) is 0 Å². The van der Waals surface area contributed by atoms with E-state index in [1.165, 1.54) is 0 Å². The quantitative estimate of drug-likeness (QED) is 0.690. The Morgan fingerprint density at radius 1 is 0.905 bits per heavy atom. The summed E-state index contributed by atoms with van der Waals surface area (Å²) >= 11 is 18.3. The summed E-state index contributed by atoms with van der Waals surface area (Å²) < 4.78 is 0. The molecule has 21 heavy (non-hydrogen) atoms. The summed E-state index contributed by atoms with van der Waals surface area (Å²) in [6.45, 7) is 0. The van der Waals surface area contributed by atoms with Gasteiger partial charge < -0.3 is 5.11 Å². The summed E-state index contributed by atoms with van der Waals surface area (Å²) in [4.78, 5) is 4.32. The Hall–Kier alpha value is -1.32. The van der Waals surface area contributed by atoms with E-state index in [9.17, 15) is 5.11 Å². The molecule has 3 rings (SSSR count). The predicted octanol–water partition coefficient (Wildman–Crippen LogP) is 5.28. The molecule has 106 valence electrons. The fraction of sp³-hybridized carbons (Fsp3) is 0.0625. The second-order valence-corrected chi connectivity index (χ2v) is 5.86. The predicted molar refractivity (Wildman–Crippen MR) is 87.3 cm³/mol. The fourth-order valence-corrected chi connectivity index (χ4v) is 2.89. The normalized spacial score (nSPS) is 12.6. The molecule has 3 aromatic rings. The van der Waals surface area contributed by atoms with Gasteiger partial charge in [-0.25, -0.2) is 0 Å². The Bertz CT molecular complexity index is 820. The molecule has 0 saturated carbocycles. The van der Waals surface area contributed by atoms with E-state index < -0.39 is 6.10 Å². The van der Waals surface area contributed by atoms with Gasteiger partial charge in [-0.1, -0.05) is 40.9 Å². The summed E-state index contributed by atoms with van der Waals surface area (Å²) in [5.74, 6) is 0. The number of nitrogens with zero attached hydrogens (tertiary/aromatic N) is 1. The van der Waals surface area contributed by atoms with Crippen LogP contribution in [0.4, 0.5) is 0 Å². The number of halogens is 3. The van der Waals surface area contributed by atoms with Crippen LogP contribution in [-0.2, 0) is 0 Å². The van der Waals surface area contributed by atoms with Crippen molar-refractivity contribution in [3.63, 3.8) is 0 Å². The molecule has 0 bridgehead atoms. The molecule has 1 unspecified atom stereocenters. The third-order valence-corrected chi connectivity index (χ3v) is 4.20. The second-order valence-electron chi connectivity index (χ2n) is 4.60. The maximum atomic E-state index is 10.7. The van der Waals surface area contributed by atoms with Crippen LogP contribution in [0.5, 0.6) is 0 Å². The summed E-state index contributed by atoms with van der Waals surface area (Å²) in [5, 5.41) is 13.0. The van der Waals surface area contributed by atoms with Gasteiger partial charge >= 0.3 is 0 Å². The summed E-state index contributed by atoms with van der Waals surface area (Å²) in [5.41, 5.74) is 1.83. The van der Waals surface area contributed by atoms with Crippen molar-refractivity contribution in [3.8, 4) is 0 Å². The lowest BCUT2D eigenvalue weighted by molar-refractivity contribution is 0.222. The van der Waals surface area contributed by atoms with Crippen molar-refractivity contribution in [2.75, 3.05) is 0 Å². The highest BCUT2D eigenvalue weighted by atomic mass is 35.5. The van der Waals surface area contributed by atoms with Gasteiger partial charge in [0.2, 0.25) is 0 Å². The lowest BCUT2D eigenvalue weighted by atomic mass is 9.98. The van der Waals surface area contributed by atoms with Crippen LogP contribution in [0.3, 0.4) is 0 Å². The van der Waals surface area contributed by atoms with Crippen LogP contribution in [0, 0.1) is 0 Å². The Kier molecular flexibility index (Phi) is 4.05. The van der Waals surface area contributed by atoms with Crippen LogP contribution in [0.15, 0.2) is 48.7 Å². The monoisotopic (exact) mass is 337 g/mol. The van der Waals surface area contributed by atoms with E-state index in [1.54, 1.807) is 42.6 Å². The molecule has 0 saturated heterocycles. The van der Waals surface area contributed by atoms with Crippen molar-refractivity contribution in [3.05, 3.63) is 74.9 Å².